The SMILES string of the molecule is CC(C(=O)NC1CCN(C(=O)C(F)(F)F)CC1)N1C(=O)c2ccccc2C1=O. The van der Waals surface area contributed by atoms with Crippen LogP contribution in [0.2, 0.25) is 0 Å². The Morgan fingerprint density at radius 2 is 1.57 bits per heavy atom. The van der Waals surface area contributed by atoms with Crippen molar-refractivity contribution in [3.05, 3.63) is 35.4 Å². The van der Waals surface area contributed by atoms with Gasteiger partial charge in [0.25, 0.3) is 11.8 Å². The normalized spacial score (nSPS) is 18.9. The molecular weight excluding hydrogens is 379 g/mol. The van der Waals surface area contributed by atoms with E-state index in [1.807, 2.05) is 0 Å². The lowest BCUT2D eigenvalue weighted by atomic mass is 10.0. The van der Waals surface area contributed by atoms with Crippen molar-refractivity contribution < 1.29 is 32.3 Å². The minimum atomic E-state index is -4.92. The van der Waals surface area contributed by atoms with Gasteiger partial charge in [0.15, 0.2) is 0 Å². The van der Waals surface area contributed by atoms with Crippen LogP contribution in [0.15, 0.2) is 24.3 Å². The van der Waals surface area contributed by atoms with Crippen molar-refractivity contribution in [1.29, 1.82) is 0 Å². The molecule has 0 bridgehead atoms. The van der Waals surface area contributed by atoms with Crippen molar-refractivity contribution in [3.8, 4) is 0 Å². The minimum Gasteiger partial charge on any atom is -0.351 e. The Morgan fingerprint density at radius 1 is 1.07 bits per heavy atom. The summed E-state index contributed by atoms with van der Waals surface area (Å²) < 4.78 is 37.4. The number of rotatable bonds is 3. The van der Waals surface area contributed by atoms with Crippen molar-refractivity contribution in [2.45, 2.75) is 38.0 Å². The van der Waals surface area contributed by atoms with Crippen LogP contribution in [0.4, 0.5) is 13.2 Å². The third-order valence-corrected chi connectivity index (χ3v) is 4.96. The molecule has 2 heterocycles. The zero-order valence-corrected chi connectivity index (χ0v) is 15.0. The molecule has 0 spiro atoms. The lowest BCUT2D eigenvalue weighted by Crippen LogP contribution is -2.54. The number of likely N-dealkylation sites (tertiary alicyclic amines) is 1. The number of hydrogen-bond donors (Lipinski definition) is 1. The van der Waals surface area contributed by atoms with Crippen LogP contribution in [0.25, 0.3) is 0 Å². The van der Waals surface area contributed by atoms with Gasteiger partial charge in [0, 0.05) is 19.1 Å². The number of amides is 4. The number of halogens is 3. The van der Waals surface area contributed by atoms with E-state index in [1.54, 1.807) is 12.1 Å². The predicted molar refractivity (Wildman–Crippen MR) is 90.2 cm³/mol. The Balaban J connectivity index is 1.58. The summed E-state index contributed by atoms with van der Waals surface area (Å²) in [6, 6.07) is 4.74. The number of fused-ring (bicyclic) bond motifs is 1. The first-order valence-corrected chi connectivity index (χ1v) is 8.74. The van der Waals surface area contributed by atoms with E-state index in [0.717, 1.165) is 4.90 Å². The second-order valence-corrected chi connectivity index (χ2v) is 6.77. The number of carbonyl (C=O) groups excluding carboxylic acids is 4. The molecule has 10 heteroatoms. The Kier molecular flexibility index (Phi) is 5.14. The fraction of sp³-hybridized carbons (Fsp3) is 0.444. The summed E-state index contributed by atoms with van der Waals surface area (Å²) in [5, 5.41) is 2.66. The summed E-state index contributed by atoms with van der Waals surface area (Å²) in [5.74, 6) is -3.59. The highest BCUT2D eigenvalue weighted by Gasteiger charge is 2.44. The van der Waals surface area contributed by atoms with E-state index in [9.17, 15) is 32.3 Å². The van der Waals surface area contributed by atoms with Crippen LogP contribution in [0.3, 0.4) is 0 Å². The van der Waals surface area contributed by atoms with Gasteiger partial charge in [-0.3, -0.25) is 24.1 Å². The Bertz CT molecular complexity index is 797. The topological polar surface area (TPSA) is 86.8 Å². The van der Waals surface area contributed by atoms with Crippen molar-refractivity contribution in [1.82, 2.24) is 15.1 Å². The maximum absolute atomic E-state index is 12.5. The molecule has 0 saturated carbocycles. The molecule has 1 aromatic carbocycles. The molecule has 28 heavy (non-hydrogen) atoms. The van der Waals surface area contributed by atoms with E-state index in [2.05, 4.69) is 5.32 Å². The lowest BCUT2D eigenvalue weighted by Gasteiger charge is -2.33. The molecule has 3 rings (SSSR count). The first kappa shape index (κ1) is 19.8. The molecule has 0 radical (unpaired) electrons. The average molecular weight is 397 g/mol. The van der Waals surface area contributed by atoms with Gasteiger partial charge >= 0.3 is 12.1 Å². The lowest BCUT2D eigenvalue weighted by molar-refractivity contribution is -0.186. The third kappa shape index (κ3) is 3.58. The van der Waals surface area contributed by atoms with Crippen molar-refractivity contribution in [2.75, 3.05) is 13.1 Å². The number of piperidine rings is 1. The monoisotopic (exact) mass is 397 g/mol. The first-order chi connectivity index (χ1) is 13.1. The number of carbonyl (C=O) groups is 4. The minimum absolute atomic E-state index is 0.134. The molecule has 4 amide bonds. The number of alkyl halides is 3. The molecule has 1 saturated heterocycles. The Hall–Kier alpha value is -2.91. The van der Waals surface area contributed by atoms with Crippen LogP contribution >= 0.6 is 0 Å². The van der Waals surface area contributed by atoms with Crippen LogP contribution in [0.1, 0.15) is 40.5 Å². The molecule has 2 aliphatic heterocycles. The van der Waals surface area contributed by atoms with E-state index in [1.165, 1.54) is 19.1 Å². The number of imide groups is 1. The zero-order valence-electron chi connectivity index (χ0n) is 15.0. The number of nitrogens with zero attached hydrogens (tertiary/aromatic N) is 2. The van der Waals surface area contributed by atoms with E-state index in [4.69, 9.17) is 0 Å². The van der Waals surface area contributed by atoms with Gasteiger partial charge in [0.1, 0.15) is 6.04 Å². The highest BCUT2D eigenvalue weighted by atomic mass is 19.4. The van der Waals surface area contributed by atoms with Gasteiger partial charge in [0.05, 0.1) is 11.1 Å². The average Bonchev–Trinajstić information content (AvgIpc) is 2.91. The molecule has 1 N–H and O–H groups in total. The third-order valence-electron chi connectivity index (χ3n) is 4.96. The molecule has 0 aromatic heterocycles. The molecule has 1 fully saturated rings. The fourth-order valence-corrected chi connectivity index (χ4v) is 3.40. The summed E-state index contributed by atoms with van der Waals surface area (Å²) >= 11 is 0. The number of benzene rings is 1. The van der Waals surface area contributed by atoms with Crippen molar-refractivity contribution in [2.24, 2.45) is 0 Å². The molecule has 2 aliphatic rings. The van der Waals surface area contributed by atoms with Gasteiger partial charge in [0.2, 0.25) is 5.91 Å². The fourth-order valence-electron chi connectivity index (χ4n) is 3.40. The maximum Gasteiger partial charge on any atom is 0.471 e. The smallest absolute Gasteiger partial charge is 0.351 e. The van der Waals surface area contributed by atoms with E-state index in [-0.39, 0.29) is 37.1 Å². The van der Waals surface area contributed by atoms with Gasteiger partial charge in [-0.05, 0) is 31.9 Å². The quantitative estimate of drug-likeness (QED) is 0.780. The maximum atomic E-state index is 12.5. The Labute approximate surface area is 158 Å². The highest BCUT2D eigenvalue weighted by molar-refractivity contribution is 6.22. The standard InChI is InChI=1S/C18H18F3N3O4/c1-10(24-15(26)12-4-2-3-5-13(12)16(24)27)14(25)22-11-6-8-23(9-7-11)17(28)18(19,20)21/h2-5,10-11H,6-9H2,1H3,(H,22,25). The van der Waals surface area contributed by atoms with E-state index >= 15 is 0 Å². The second-order valence-electron chi connectivity index (χ2n) is 6.77. The molecular formula is C18H18F3N3O4. The summed E-state index contributed by atoms with van der Waals surface area (Å²) in [6.45, 7) is 1.15. The number of hydrogen-bond acceptors (Lipinski definition) is 4. The van der Waals surface area contributed by atoms with Gasteiger partial charge < -0.3 is 10.2 Å². The summed E-state index contributed by atoms with van der Waals surface area (Å²) in [7, 11) is 0. The van der Waals surface area contributed by atoms with Crippen LogP contribution in [-0.2, 0) is 9.59 Å². The molecule has 150 valence electrons. The van der Waals surface area contributed by atoms with Crippen molar-refractivity contribution >= 4 is 23.6 Å². The number of nitrogens with one attached hydrogen (secondary N) is 1. The molecule has 7 nitrogen and oxygen atoms in total. The van der Waals surface area contributed by atoms with Gasteiger partial charge in [-0.15, -0.1) is 0 Å². The molecule has 1 unspecified atom stereocenters. The van der Waals surface area contributed by atoms with Crippen LogP contribution < -0.4 is 5.32 Å². The largest absolute Gasteiger partial charge is 0.471 e. The van der Waals surface area contributed by atoms with Gasteiger partial charge in [-0.1, -0.05) is 12.1 Å². The summed E-state index contributed by atoms with van der Waals surface area (Å²) in [6.07, 6.45) is -4.61. The molecule has 0 aliphatic carbocycles. The summed E-state index contributed by atoms with van der Waals surface area (Å²) in [4.78, 5) is 50.2. The highest BCUT2D eigenvalue weighted by Crippen LogP contribution is 2.25. The van der Waals surface area contributed by atoms with Crippen LogP contribution in [0, 0.1) is 0 Å². The van der Waals surface area contributed by atoms with Crippen LogP contribution in [-0.4, -0.2) is 64.8 Å². The second kappa shape index (κ2) is 7.25. The van der Waals surface area contributed by atoms with E-state index in [0.29, 0.717) is 4.90 Å². The van der Waals surface area contributed by atoms with Gasteiger partial charge in [-0.2, -0.15) is 13.2 Å². The summed E-state index contributed by atoms with van der Waals surface area (Å²) in [5.41, 5.74) is 0.456. The van der Waals surface area contributed by atoms with Crippen LogP contribution in [0.5, 0.6) is 0 Å². The van der Waals surface area contributed by atoms with E-state index < -0.39 is 41.9 Å². The van der Waals surface area contributed by atoms with Gasteiger partial charge in [-0.25, -0.2) is 0 Å². The molecule has 1 atom stereocenters. The zero-order chi connectivity index (χ0) is 20.6. The first-order valence-electron chi connectivity index (χ1n) is 8.74. The Morgan fingerprint density at radius 3 is 2.04 bits per heavy atom. The van der Waals surface area contributed by atoms with Crippen molar-refractivity contribution in [3.63, 3.8) is 0 Å². The predicted octanol–water partition coefficient (Wildman–Crippen LogP) is 1.34. The molecule has 1 aromatic rings.